The highest BCUT2D eigenvalue weighted by Crippen LogP contribution is 2.21. The highest BCUT2D eigenvalue weighted by Gasteiger charge is 2.24. The Balaban J connectivity index is 3.08. The van der Waals surface area contributed by atoms with Crippen molar-refractivity contribution in [2.45, 2.75) is 43.3 Å². The standard InChI is InChI=1S/C13H21NO2S/c1-4-12(9-14)17(15,16)13-7-5-11(6-8-13)10(2)3/h5-8,10,12H,4,9,14H2,1-3H3. The van der Waals surface area contributed by atoms with Crippen LogP contribution < -0.4 is 5.73 Å². The maximum atomic E-state index is 12.2. The predicted molar refractivity (Wildman–Crippen MR) is 70.9 cm³/mol. The maximum Gasteiger partial charge on any atom is 0.182 e. The van der Waals surface area contributed by atoms with Gasteiger partial charge in [0, 0.05) is 6.54 Å². The van der Waals surface area contributed by atoms with Crippen LogP contribution in [-0.2, 0) is 9.84 Å². The van der Waals surface area contributed by atoms with Crippen molar-refractivity contribution in [2.75, 3.05) is 6.54 Å². The molecular weight excluding hydrogens is 234 g/mol. The van der Waals surface area contributed by atoms with E-state index in [1.807, 2.05) is 19.1 Å². The molecule has 0 heterocycles. The third kappa shape index (κ3) is 3.07. The Morgan fingerprint density at radius 3 is 2.06 bits per heavy atom. The minimum Gasteiger partial charge on any atom is -0.329 e. The van der Waals surface area contributed by atoms with Gasteiger partial charge in [-0.15, -0.1) is 0 Å². The molecule has 0 radical (unpaired) electrons. The van der Waals surface area contributed by atoms with E-state index in [2.05, 4.69) is 13.8 Å². The minimum absolute atomic E-state index is 0.171. The Bertz CT molecular complexity index is 445. The van der Waals surface area contributed by atoms with E-state index < -0.39 is 15.1 Å². The first kappa shape index (κ1) is 14.2. The van der Waals surface area contributed by atoms with Crippen LogP contribution in [0.4, 0.5) is 0 Å². The van der Waals surface area contributed by atoms with Crippen LogP contribution in [0.15, 0.2) is 29.2 Å². The Hall–Kier alpha value is -0.870. The number of sulfone groups is 1. The van der Waals surface area contributed by atoms with E-state index in [-0.39, 0.29) is 6.54 Å². The molecule has 4 heteroatoms. The molecule has 3 nitrogen and oxygen atoms in total. The predicted octanol–water partition coefficient (Wildman–Crippen LogP) is 2.32. The molecule has 0 aromatic heterocycles. The molecule has 0 aliphatic carbocycles. The summed E-state index contributed by atoms with van der Waals surface area (Å²) in [4.78, 5) is 0.374. The van der Waals surface area contributed by atoms with Crippen molar-refractivity contribution in [3.8, 4) is 0 Å². The molecule has 0 amide bonds. The van der Waals surface area contributed by atoms with Gasteiger partial charge in [0.25, 0.3) is 0 Å². The summed E-state index contributed by atoms with van der Waals surface area (Å²) in [6.45, 7) is 6.18. The summed E-state index contributed by atoms with van der Waals surface area (Å²) in [7, 11) is -3.27. The van der Waals surface area contributed by atoms with Crippen molar-refractivity contribution in [1.29, 1.82) is 0 Å². The van der Waals surface area contributed by atoms with Crippen LogP contribution in [0.3, 0.4) is 0 Å². The van der Waals surface area contributed by atoms with E-state index in [0.717, 1.165) is 5.56 Å². The highest BCUT2D eigenvalue weighted by molar-refractivity contribution is 7.92. The zero-order chi connectivity index (χ0) is 13.1. The van der Waals surface area contributed by atoms with Crippen molar-refractivity contribution < 1.29 is 8.42 Å². The molecule has 0 spiro atoms. The van der Waals surface area contributed by atoms with Gasteiger partial charge >= 0.3 is 0 Å². The highest BCUT2D eigenvalue weighted by atomic mass is 32.2. The van der Waals surface area contributed by atoms with Crippen molar-refractivity contribution >= 4 is 9.84 Å². The lowest BCUT2D eigenvalue weighted by Crippen LogP contribution is -2.29. The lowest BCUT2D eigenvalue weighted by molar-refractivity contribution is 0.576. The summed E-state index contributed by atoms with van der Waals surface area (Å²) in [5, 5.41) is -0.479. The first-order valence-corrected chi connectivity index (χ1v) is 7.52. The Morgan fingerprint density at radius 1 is 1.18 bits per heavy atom. The van der Waals surface area contributed by atoms with E-state index in [4.69, 9.17) is 5.73 Å². The number of rotatable bonds is 5. The summed E-state index contributed by atoms with van der Waals surface area (Å²) < 4.78 is 24.4. The van der Waals surface area contributed by atoms with E-state index in [9.17, 15) is 8.42 Å². The van der Waals surface area contributed by atoms with Gasteiger partial charge in [-0.1, -0.05) is 32.9 Å². The van der Waals surface area contributed by atoms with Crippen LogP contribution >= 0.6 is 0 Å². The van der Waals surface area contributed by atoms with Gasteiger partial charge in [0.15, 0.2) is 9.84 Å². The number of nitrogens with two attached hydrogens (primary N) is 1. The van der Waals surface area contributed by atoms with Gasteiger partial charge in [0.1, 0.15) is 0 Å². The monoisotopic (exact) mass is 255 g/mol. The Labute approximate surface area is 104 Å². The first-order chi connectivity index (χ1) is 7.93. The number of hydrogen-bond donors (Lipinski definition) is 1. The van der Waals surface area contributed by atoms with Crippen LogP contribution in [-0.4, -0.2) is 20.2 Å². The van der Waals surface area contributed by atoms with Gasteiger partial charge in [-0.3, -0.25) is 0 Å². The fourth-order valence-corrected chi connectivity index (χ4v) is 3.34. The smallest absolute Gasteiger partial charge is 0.182 e. The fraction of sp³-hybridized carbons (Fsp3) is 0.538. The van der Waals surface area contributed by atoms with Crippen LogP contribution in [0.1, 0.15) is 38.7 Å². The summed E-state index contributed by atoms with van der Waals surface area (Å²) in [6, 6.07) is 7.12. The van der Waals surface area contributed by atoms with Gasteiger partial charge in [-0.2, -0.15) is 0 Å². The first-order valence-electron chi connectivity index (χ1n) is 5.97. The second kappa shape index (κ2) is 5.65. The maximum absolute atomic E-state index is 12.2. The van der Waals surface area contributed by atoms with Crippen molar-refractivity contribution in [1.82, 2.24) is 0 Å². The Morgan fingerprint density at radius 2 is 1.71 bits per heavy atom. The van der Waals surface area contributed by atoms with Gasteiger partial charge in [-0.25, -0.2) is 8.42 Å². The van der Waals surface area contributed by atoms with E-state index in [1.54, 1.807) is 12.1 Å². The molecule has 0 aliphatic heterocycles. The van der Waals surface area contributed by atoms with E-state index in [1.165, 1.54) is 0 Å². The topological polar surface area (TPSA) is 60.2 Å². The molecule has 17 heavy (non-hydrogen) atoms. The van der Waals surface area contributed by atoms with Crippen LogP contribution in [0, 0.1) is 0 Å². The second-order valence-corrected chi connectivity index (χ2v) is 6.76. The fourth-order valence-electron chi connectivity index (χ4n) is 1.75. The third-order valence-corrected chi connectivity index (χ3v) is 5.37. The van der Waals surface area contributed by atoms with Crippen LogP contribution in [0.5, 0.6) is 0 Å². The summed E-state index contributed by atoms with van der Waals surface area (Å²) in [6.07, 6.45) is 0.546. The van der Waals surface area contributed by atoms with Gasteiger partial charge in [0.2, 0.25) is 0 Å². The van der Waals surface area contributed by atoms with Crippen molar-refractivity contribution in [3.63, 3.8) is 0 Å². The lowest BCUT2D eigenvalue weighted by Gasteiger charge is -2.14. The molecule has 0 saturated heterocycles. The molecule has 0 bridgehead atoms. The normalized spacial score (nSPS) is 13.9. The molecular formula is C13H21NO2S. The molecule has 1 aromatic carbocycles. The number of hydrogen-bond acceptors (Lipinski definition) is 3. The van der Waals surface area contributed by atoms with Gasteiger partial charge in [-0.05, 0) is 30.0 Å². The van der Waals surface area contributed by atoms with E-state index in [0.29, 0.717) is 17.2 Å². The summed E-state index contributed by atoms with van der Waals surface area (Å²) >= 11 is 0. The molecule has 1 rings (SSSR count). The molecule has 0 fully saturated rings. The SMILES string of the molecule is CCC(CN)S(=O)(=O)c1ccc(C(C)C)cc1. The lowest BCUT2D eigenvalue weighted by atomic mass is 10.0. The number of benzene rings is 1. The average molecular weight is 255 g/mol. The molecule has 0 saturated carbocycles. The molecule has 1 atom stereocenters. The van der Waals surface area contributed by atoms with Crippen molar-refractivity contribution in [3.05, 3.63) is 29.8 Å². The van der Waals surface area contributed by atoms with Gasteiger partial charge < -0.3 is 5.73 Å². The molecule has 1 aromatic rings. The zero-order valence-electron chi connectivity index (χ0n) is 10.7. The zero-order valence-corrected chi connectivity index (χ0v) is 11.5. The van der Waals surface area contributed by atoms with Crippen molar-refractivity contribution in [2.24, 2.45) is 5.73 Å². The van der Waals surface area contributed by atoms with Crippen LogP contribution in [0.2, 0.25) is 0 Å². The third-order valence-electron chi connectivity index (χ3n) is 3.03. The van der Waals surface area contributed by atoms with Gasteiger partial charge in [0.05, 0.1) is 10.1 Å². The molecule has 0 aliphatic rings. The second-order valence-electron chi connectivity index (χ2n) is 4.53. The quantitative estimate of drug-likeness (QED) is 0.878. The molecule has 96 valence electrons. The summed E-state index contributed by atoms with van der Waals surface area (Å²) in [5.74, 6) is 0.406. The Kier molecular flexibility index (Phi) is 4.71. The minimum atomic E-state index is -3.27. The van der Waals surface area contributed by atoms with Crippen LogP contribution in [0.25, 0.3) is 0 Å². The molecule has 2 N–H and O–H groups in total. The summed E-state index contributed by atoms with van der Waals surface area (Å²) in [5.41, 5.74) is 6.65. The largest absolute Gasteiger partial charge is 0.329 e. The average Bonchev–Trinajstić information content (AvgIpc) is 2.30. The van der Waals surface area contributed by atoms with E-state index >= 15 is 0 Å². The molecule has 1 unspecified atom stereocenters.